The van der Waals surface area contributed by atoms with E-state index in [2.05, 4.69) is 31.2 Å². The number of carbonyl (C=O) groups is 2. The van der Waals surface area contributed by atoms with Crippen molar-refractivity contribution in [2.75, 3.05) is 31.0 Å². The van der Waals surface area contributed by atoms with E-state index < -0.39 is 17.8 Å². The Hall–Kier alpha value is -3.61. The van der Waals surface area contributed by atoms with Crippen LogP contribution in [-0.4, -0.2) is 60.2 Å². The smallest absolute Gasteiger partial charge is 0.421 e. The average molecular weight is 551 g/mol. The molecule has 1 aliphatic carbocycles. The highest BCUT2D eigenvalue weighted by molar-refractivity contribution is 5.95. The summed E-state index contributed by atoms with van der Waals surface area (Å²) in [6.07, 6.45) is 0.422. The largest absolute Gasteiger partial charge is 0.495 e. The van der Waals surface area contributed by atoms with Crippen LogP contribution in [-0.2, 0) is 15.7 Å². The topological polar surface area (TPSA) is 127 Å². The van der Waals surface area contributed by atoms with Crippen LogP contribution >= 0.6 is 0 Å². The Kier molecular flexibility index (Phi) is 9.10. The Labute approximate surface area is 224 Å². The van der Waals surface area contributed by atoms with Crippen LogP contribution in [0.3, 0.4) is 0 Å². The molecule has 0 radical (unpaired) electrons. The first kappa shape index (κ1) is 28.4. The monoisotopic (exact) mass is 550 g/mol. The van der Waals surface area contributed by atoms with Crippen molar-refractivity contribution in [3.8, 4) is 5.75 Å². The number of amides is 2. The highest BCUT2D eigenvalue weighted by Gasteiger charge is 2.37. The molecule has 1 aromatic carbocycles. The number of hydrogen-bond donors (Lipinski definition) is 4. The summed E-state index contributed by atoms with van der Waals surface area (Å²) in [5, 5.41) is 11.6. The molecule has 39 heavy (non-hydrogen) atoms. The van der Waals surface area contributed by atoms with E-state index in [0.29, 0.717) is 43.1 Å². The van der Waals surface area contributed by atoms with Gasteiger partial charge in [0.1, 0.15) is 17.1 Å². The molecule has 2 heterocycles. The standard InChI is InChI=1S/C26H33F3N6O4/c1-15(36)31-19-5-3-4-6-20(19)33-23-18(26(27,28)29)14-30-25(35-23)34-21-8-7-16(13-22(21)38-2)24(37)32-17-9-11-39-12-10-17/h7-8,13-14,17,19-20H,3-6,9-12H2,1-2H3,(H,31,36)(H,32,37)(H2,30,33,34,35)/t19-,20-/m0/s1. The average Bonchev–Trinajstić information content (AvgIpc) is 2.90. The Bertz CT molecular complexity index is 1170. The summed E-state index contributed by atoms with van der Waals surface area (Å²) in [4.78, 5) is 32.4. The van der Waals surface area contributed by atoms with Crippen LogP contribution in [0, 0.1) is 0 Å². The minimum Gasteiger partial charge on any atom is -0.495 e. The highest BCUT2D eigenvalue weighted by Crippen LogP contribution is 2.36. The first-order chi connectivity index (χ1) is 18.6. The van der Waals surface area contributed by atoms with Crippen LogP contribution in [0.2, 0.25) is 0 Å². The molecule has 1 aromatic heterocycles. The predicted octanol–water partition coefficient (Wildman–Crippen LogP) is 4.02. The number of aromatic nitrogens is 2. The summed E-state index contributed by atoms with van der Waals surface area (Å²) in [7, 11) is 1.42. The van der Waals surface area contributed by atoms with E-state index in [0.717, 1.165) is 31.9 Å². The van der Waals surface area contributed by atoms with Crippen molar-refractivity contribution in [2.45, 2.75) is 69.8 Å². The number of alkyl halides is 3. The van der Waals surface area contributed by atoms with Gasteiger partial charge < -0.3 is 30.7 Å². The fourth-order valence-electron chi connectivity index (χ4n) is 4.84. The molecular weight excluding hydrogens is 517 g/mol. The molecule has 0 spiro atoms. The third-order valence-corrected chi connectivity index (χ3v) is 6.84. The molecule has 13 heteroatoms. The number of nitrogens with zero attached hydrogens (tertiary/aromatic N) is 2. The van der Waals surface area contributed by atoms with Gasteiger partial charge in [-0.1, -0.05) is 12.8 Å². The molecule has 0 unspecified atom stereocenters. The van der Waals surface area contributed by atoms with E-state index in [4.69, 9.17) is 9.47 Å². The van der Waals surface area contributed by atoms with Gasteiger partial charge >= 0.3 is 6.18 Å². The Morgan fingerprint density at radius 2 is 1.77 bits per heavy atom. The molecule has 0 bridgehead atoms. The van der Waals surface area contributed by atoms with E-state index in [9.17, 15) is 22.8 Å². The number of anilines is 3. The zero-order valence-corrected chi connectivity index (χ0v) is 21.9. The molecule has 2 atom stereocenters. The summed E-state index contributed by atoms with van der Waals surface area (Å²) in [5.41, 5.74) is -0.257. The van der Waals surface area contributed by atoms with Crippen LogP contribution in [0.25, 0.3) is 0 Å². The highest BCUT2D eigenvalue weighted by atomic mass is 19.4. The molecule has 212 valence electrons. The van der Waals surface area contributed by atoms with Crippen molar-refractivity contribution < 1.29 is 32.2 Å². The Balaban J connectivity index is 1.54. The predicted molar refractivity (Wildman–Crippen MR) is 138 cm³/mol. The molecule has 10 nitrogen and oxygen atoms in total. The van der Waals surface area contributed by atoms with E-state index in [1.165, 1.54) is 14.0 Å². The third-order valence-electron chi connectivity index (χ3n) is 6.84. The number of nitrogens with one attached hydrogen (secondary N) is 4. The second-order valence-corrected chi connectivity index (χ2v) is 9.70. The molecule has 1 aliphatic heterocycles. The Morgan fingerprint density at radius 3 is 2.44 bits per heavy atom. The van der Waals surface area contributed by atoms with Gasteiger partial charge in [-0.05, 0) is 43.9 Å². The number of hydrogen-bond acceptors (Lipinski definition) is 8. The van der Waals surface area contributed by atoms with Gasteiger partial charge in [-0.25, -0.2) is 4.98 Å². The van der Waals surface area contributed by atoms with E-state index in [-0.39, 0.29) is 35.7 Å². The fourth-order valence-corrected chi connectivity index (χ4v) is 4.84. The summed E-state index contributed by atoms with van der Waals surface area (Å²) in [6, 6.07) is 4.00. The maximum absolute atomic E-state index is 13.8. The summed E-state index contributed by atoms with van der Waals surface area (Å²) >= 11 is 0. The van der Waals surface area contributed by atoms with Gasteiger partial charge in [0.15, 0.2) is 0 Å². The van der Waals surface area contributed by atoms with Crippen LogP contribution in [0.1, 0.15) is 61.4 Å². The molecule has 1 saturated carbocycles. The zero-order valence-electron chi connectivity index (χ0n) is 21.9. The lowest BCUT2D eigenvalue weighted by Crippen LogP contribution is -2.48. The number of methoxy groups -OCH3 is 1. The van der Waals surface area contributed by atoms with Crippen LogP contribution in [0.15, 0.2) is 24.4 Å². The van der Waals surface area contributed by atoms with Gasteiger partial charge in [0.2, 0.25) is 11.9 Å². The van der Waals surface area contributed by atoms with Crippen molar-refractivity contribution in [3.05, 3.63) is 35.5 Å². The number of rotatable bonds is 8. The number of benzene rings is 1. The molecule has 4 N–H and O–H groups in total. The van der Waals surface area contributed by atoms with E-state index in [1.54, 1.807) is 18.2 Å². The lowest BCUT2D eigenvalue weighted by atomic mass is 9.90. The van der Waals surface area contributed by atoms with Crippen molar-refractivity contribution in [2.24, 2.45) is 0 Å². The van der Waals surface area contributed by atoms with E-state index >= 15 is 0 Å². The minimum atomic E-state index is -4.68. The summed E-state index contributed by atoms with van der Waals surface area (Å²) < 4.78 is 52.1. The number of halogens is 3. The molecule has 2 aliphatic rings. The first-order valence-corrected chi connectivity index (χ1v) is 13.0. The van der Waals surface area contributed by atoms with Gasteiger partial charge in [0, 0.05) is 50.0 Å². The lowest BCUT2D eigenvalue weighted by Gasteiger charge is -2.33. The molecule has 2 aromatic rings. The van der Waals surface area contributed by atoms with Gasteiger partial charge in [0.25, 0.3) is 5.91 Å². The SMILES string of the molecule is COc1cc(C(=O)NC2CCOCC2)ccc1Nc1ncc(C(F)(F)F)c(N[C@H]2CCCC[C@@H]2NC(C)=O)n1. The molecule has 4 rings (SSSR count). The molecule has 2 amide bonds. The van der Waals surface area contributed by atoms with Crippen molar-refractivity contribution in [1.29, 1.82) is 0 Å². The second-order valence-electron chi connectivity index (χ2n) is 9.70. The fraction of sp³-hybridized carbons (Fsp3) is 0.538. The number of carbonyl (C=O) groups excluding carboxylic acids is 2. The normalized spacial score (nSPS) is 20.1. The molecular formula is C26H33F3N6O4. The summed E-state index contributed by atoms with van der Waals surface area (Å²) in [5.74, 6) is -0.675. The minimum absolute atomic E-state index is 0.0240. The lowest BCUT2D eigenvalue weighted by molar-refractivity contribution is -0.137. The zero-order chi connectivity index (χ0) is 28.0. The first-order valence-electron chi connectivity index (χ1n) is 13.0. The van der Waals surface area contributed by atoms with Crippen molar-refractivity contribution in [3.63, 3.8) is 0 Å². The van der Waals surface area contributed by atoms with Crippen molar-refractivity contribution >= 4 is 29.3 Å². The second kappa shape index (κ2) is 12.5. The molecule has 1 saturated heterocycles. The Morgan fingerprint density at radius 1 is 1.05 bits per heavy atom. The van der Waals surface area contributed by atoms with Gasteiger partial charge in [-0.15, -0.1) is 0 Å². The number of ether oxygens (including phenoxy) is 2. The van der Waals surface area contributed by atoms with E-state index in [1.807, 2.05) is 0 Å². The molecule has 2 fully saturated rings. The van der Waals surface area contributed by atoms with Crippen LogP contribution < -0.4 is 26.0 Å². The quantitative estimate of drug-likeness (QED) is 0.388. The third kappa shape index (κ3) is 7.49. The van der Waals surface area contributed by atoms with Crippen molar-refractivity contribution in [1.82, 2.24) is 20.6 Å². The summed E-state index contributed by atoms with van der Waals surface area (Å²) in [6.45, 7) is 2.57. The maximum atomic E-state index is 13.8. The van der Waals surface area contributed by atoms with Crippen LogP contribution in [0.5, 0.6) is 5.75 Å². The van der Waals surface area contributed by atoms with Gasteiger partial charge in [-0.2, -0.15) is 18.2 Å². The van der Waals surface area contributed by atoms with Gasteiger partial charge in [-0.3, -0.25) is 9.59 Å². The maximum Gasteiger partial charge on any atom is 0.421 e. The van der Waals surface area contributed by atoms with Gasteiger partial charge in [0.05, 0.1) is 12.8 Å². The van der Waals surface area contributed by atoms with Crippen LogP contribution in [0.4, 0.5) is 30.6 Å².